The lowest BCUT2D eigenvalue weighted by Gasteiger charge is -2.49. The summed E-state index contributed by atoms with van der Waals surface area (Å²) in [7, 11) is 0. The lowest BCUT2D eigenvalue weighted by atomic mass is 9.79. The van der Waals surface area contributed by atoms with E-state index in [1.807, 2.05) is 4.90 Å². The van der Waals surface area contributed by atoms with Crippen LogP contribution in [0.2, 0.25) is 0 Å². The van der Waals surface area contributed by atoms with Crippen molar-refractivity contribution in [2.24, 2.45) is 5.41 Å². The molecule has 9 heteroatoms. The number of hydrogen-bond donors (Lipinski definition) is 1. The molecule has 0 atom stereocenters. The molecule has 3 heterocycles. The molecule has 1 spiro atoms. The first kappa shape index (κ1) is 14.9. The van der Waals surface area contributed by atoms with Crippen LogP contribution in [0.3, 0.4) is 0 Å². The van der Waals surface area contributed by atoms with E-state index in [9.17, 15) is 18.0 Å². The first-order chi connectivity index (χ1) is 10.2. The van der Waals surface area contributed by atoms with Gasteiger partial charge < -0.3 is 14.9 Å². The standard InChI is InChI=1S/C13H15F3N4O2/c1-8-9(4-17-10(18-8)13(14,15)16)20-6-12(7-20)2-3-19(5-12)11(21)22/h4H,2-3,5-7H2,1H3,(H,21,22). The van der Waals surface area contributed by atoms with Crippen molar-refractivity contribution in [3.63, 3.8) is 0 Å². The number of aromatic nitrogens is 2. The van der Waals surface area contributed by atoms with E-state index < -0.39 is 18.1 Å². The molecular weight excluding hydrogens is 301 g/mol. The number of alkyl halides is 3. The van der Waals surface area contributed by atoms with E-state index >= 15 is 0 Å². The molecule has 1 N–H and O–H groups in total. The molecule has 3 rings (SSSR count). The van der Waals surface area contributed by atoms with E-state index in [-0.39, 0.29) is 11.1 Å². The summed E-state index contributed by atoms with van der Waals surface area (Å²) in [5.41, 5.74) is 0.769. The molecular formula is C13H15F3N4O2. The Kier molecular flexibility index (Phi) is 3.19. The van der Waals surface area contributed by atoms with Gasteiger partial charge in [-0.15, -0.1) is 0 Å². The van der Waals surface area contributed by atoms with Crippen molar-refractivity contribution >= 4 is 11.8 Å². The van der Waals surface area contributed by atoms with Crippen molar-refractivity contribution in [2.75, 3.05) is 31.1 Å². The smallest absolute Gasteiger partial charge is 0.451 e. The van der Waals surface area contributed by atoms with Gasteiger partial charge in [0.25, 0.3) is 0 Å². The van der Waals surface area contributed by atoms with Gasteiger partial charge in [0, 0.05) is 31.6 Å². The summed E-state index contributed by atoms with van der Waals surface area (Å²) < 4.78 is 37.7. The van der Waals surface area contributed by atoms with Crippen LogP contribution in [0.1, 0.15) is 17.9 Å². The fourth-order valence-corrected chi connectivity index (χ4v) is 3.20. The molecule has 0 aliphatic carbocycles. The molecule has 0 bridgehead atoms. The second kappa shape index (κ2) is 4.72. The second-order valence-electron chi connectivity index (χ2n) is 5.97. The van der Waals surface area contributed by atoms with Crippen molar-refractivity contribution in [3.05, 3.63) is 17.7 Å². The molecule has 1 aromatic heterocycles. The fourth-order valence-electron chi connectivity index (χ4n) is 3.20. The third-order valence-corrected chi connectivity index (χ3v) is 4.31. The third-order valence-electron chi connectivity index (χ3n) is 4.31. The zero-order valence-electron chi connectivity index (χ0n) is 11.9. The highest BCUT2D eigenvalue weighted by Crippen LogP contribution is 2.42. The van der Waals surface area contributed by atoms with E-state index in [0.29, 0.717) is 31.9 Å². The molecule has 0 aromatic carbocycles. The van der Waals surface area contributed by atoms with Gasteiger partial charge in [-0.1, -0.05) is 0 Å². The predicted molar refractivity (Wildman–Crippen MR) is 70.6 cm³/mol. The number of carboxylic acid groups (broad SMARTS) is 1. The zero-order valence-corrected chi connectivity index (χ0v) is 11.9. The highest BCUT2D eigenvalue weighted by molar-refractivity contribution is 5.66. The Balaban J connectivity index is 1.70. The Morgan fingerprint density at radius 2 is 2.05 bits per heavy atom. The molecule has 1 aromatic rings. The summed E-state index contributed by atoms with van der Waals surface area (Å²) >= 11 is 0. The monoisotopic (exact) mass is 316 g/mol. The normalized spacial score (nSPS) is 20.4. The number of anilines is 1. The number of rotatable bonds is 1. The molecule has 120 valence electrons. The van der Waals surface area contributed by atoms with Crippen LogP contribution in [0.5, 0.6) is 0 Å². The first-order valence-corrected chi connectivity index (χ1v) is 6.84. The maximum absolute atomic E-state index is 12.6. The highest BCUT2D eigenvalue weighted by atomic mass is 19.4. The lowest BCUT2D eigenvalue weighted by Crippen LogP contribution is -2.58. The number of carbonyl (C=O) groups is 1. The van der Waals surface area contributed by atoms with Gasteiger partial charge in [-0.25, -0.2) is 14.8 Å². The molecule has 22 heavy (non-hydrogen) atoms. The molecule has 0 saturated carbocycles. The summed E-state index contributed by atoms with van der Waals surface area (Å²) in [6.07, 6.45) is -3.50. The highest BCUT2D eigenvalue weighted by Gasteiger charge is 2.49. The lowest BCUT2D eigenvalue weighted by molar-refractivity contribution is -0.145. The maximum atomic E-state index is 12.6. The maximum Gasteiger partial charge on any atom is 0.451 e. The first-order valence-electron chi connectivity index (χ1n) is 6.84. The van der Waals surface area contributed by atoms with Gasteiger partial charge in [0.1, 0.15) is 0 Å². The van der Waals surface area contributed by atoms with Gasteiger partial charge in [-0.3, -0.25) is 0 Å². The number of likely N-dealkylation sites (tertiary alicyclic amines) is 1. The summed E-state index contributed by atoms with van der Waals surface area (Å²) in [5, 5.41) is 8.98. The molecule has 2 aliphatic rings. The van der Waals surface area contributed by atoms with Gasteiger partial charge in [0.05, 0.1) is 17.6 Å². The number of aryl methyl sites for hydroxylation is 1. The van der Waals surface area contributed by atoms with Gasteiger partial charge >= 0.3 is 12.3 Å². The Bertz CT molecular complexity index is 614. The van der Waals surface area contributed by atoms with E-state index in [0.717, 1.165) is 6.42 Å². The largest absolute Gasteiger partial charge is 0.465 e. The van der Waals surface area contributed by atoms with Gasteiger partial charge in [-0.05, 0) is 13.3 Å². The third kappa shape index (κ3) is 2.44. The van der Waals surface area contributed by atoms with E-state index in [2.05, 4.69) is 9.97 Å². The zero-order chi connectivity index (χ0) is 16.1. The van der Waals surface area contributed by atoms with Crippen LogP contribution in [0.4, 0.5) is 23.7 Å². The van der Waals surface area contributed by atoms with E-state index in [1.54, 1.807) is 0 Å². The topological polar surface area (TPSA) is 69.6 Å². The van der Waals surface area contributed by atoms with E-state index in [4.69, 9.17) is 5.11 Å². The van der Waals surface area contributed by atoms with Crippen molar-refractivity contribution < 1.29 is 23.1 Å². The van der Waals surface area contributed by atoms with Crippen molar-refractivity contribution in [1.82, 2.24) is 14.9 Å². The van der Waals surface area contributed by atoms with Crippen LogP contribution in [0, 0.1) is 12.3 Å². The van der Waals surface area contributed by atoms with Crippen molar-refractivity contribution in [3.8, 4) is 0 Å². The minimum Gasteiger partial charge on any atom is -0.465 e. The Morgan fingerprint density at radius 1 is 1.36 bits per heavy atom. The quantitative estimate of drug-likeness (QED) is 0.858. The minimum atomic E-state index is -4.55. The summed E-state index contributed by atoms with van der Waals surface area (Å²) in [5.74, 6) is -1.14. The average Bonchev–Trinajstić information content (AvgIpc) is 2.81. The minimum absolute atomic E-state index is 0.0898. The predicted octanol–water partition coefficient (Wildman–Crippen LogP) is 1.99. The van der Waals surface area contributed by atoms with Crippen LogP contribution >= 0.6 is 0 Å². The molecule has 0 radical (unpaired) electrons. The van der Waals surface area contributed by atoms with Crippen LogP contribution in [-0.2, 0) is 6.18 Å². The van der Waals surface area contributed by atoms with E-state index in [1.165, 1.54) is 18.0 Å². The van der Waals surface area contributed by atoms with Crippen molar-refractivity contribution in [2.45, 2.75) is 19.5 Å². The van der Waals surface area contributed by atoms with Crippen LogP contribution in [0.15, 0.2) is 6.20 Å². The average molecular weight is 316 g/mol. The molecule has 6 nitrogen and oxygen atoms in total. The van der Waals surface area contributed by atoms with Crippen LogP contribution in [-0.4, -0.2) is 52.2 Å². The Hall–Kier alpha value is -2.06. The molecule has 2 saturated heterocycles. The number of hydrogen-bond acceptors (Lipinski definition) is 4. The SMILES string of the molecule is Cc1nc(C(F)(F)F)ncc1N1CC2(CCN(C(=O)O)C2)C1. The number of halogens is 3. The van der Waals surface area contributed by atoms with Crippen LogP contribution < -0.4 is 4.90 Å². The molecule has 0 unspecified atom stereocenters. The van der Waals surface area contributed by atoms with Gasteiger partial charge in [-0.2, -0.15) is 13.2 Å². The Labute approximate surface area is 124 Å². The molecule has 2 aliphatic heterocycles. The number of amides is 1. The van der Waals surface area contributed by atoms with Crippen LogP contribution in [0.25, 0.3) is 0 Å². The number of nitrogens with zero attached hydrogens (tertiary/aromatic N) is 4. The summed E-state index contributed by atoms with van der Waals surface area (Å²) in [4.78, 5) is 21.2. The van der Waals surface area contributed by atoms with Crippen molar-refractivity contribution in [1.29, 1.82) is 0 Å². The molecule has 1 amide bonds. The molecule has 2 fully saturated rings. The summed E-state index contributed by atoms with van der Waals surface area (Å²) in [6.45, 7) is 3.74. The Morgan fingerprint density at radius 3 is 2.55 bits per heavy atom. The van der Waals surface area contributed by atoms with Gasteiger partial charge in [0.15, 0.2) is 0 Å². The second-order valence-corrected chi connectivity index (χ2v) is 5.97. The van der Waals surface area contributed by atoms with Gasteiger partial charge in [0.2, 0.25) is 5.82 Å². The summed E-state index contributed by atoms with van der Waals surface area (Å²) in [6, 6.07) is 0. The fraction of sp³-hybridized carbons (Fsp3) is 0.615.